The van der Waals surface area contributed by atoms with Crippen LogP contribution < -0.4 is 10.6 Å². The Morgan fingerprint density at radius 2 is 1.86 bits per heavy atom. The molecule has 1 heterocycles. The summed E-state index contributed by atoms with van der Waals surface area (Å²) in [6.07, 6.45) is 1.90. The van der Waals surface area contributed by atoms with E-state index in [2.05, 4.69) is 53.6 Å². The largest absolute Gasteiger partial charge is 0.354 e. The first-order valence-corrected chi connectivity index (χ1v) is 8.53. The van der Waals surface area contributed by atoms with Gasteiger partial charge in [-0.1, -0.05) is 44.2 Å². The Kier molecular flexibility index (Phi) is 6.87. The fourth-order valence-corrected chi connectivity index (χ4v) is 3.22. The van der Waals surface area contributed by atoms with Crippen LogP contribution in [0.25, 0.3) is 0 Å². The predicted octanol–water partition coefficient (Wildman–Crippen LogP) is 2.19. The van der Waals surface area contributed by atoms with E-state index in [1.165, 1.54) is 5.56 Å². The number of carbonyl (C=O) groups excluding carboxylic acids is 1. The zero-order valence-corrected chi connectivity index (χ0v) is 13.8. The third kappa shape index (κ3) is 4.55. The number of hydrogen-bond donors (Lipinski definition) is 2. The standard InChI is InChI=1S/C18H29N3O/c1-3-21(4-2)17(15-8-6-5-7-9-15)14-20-18(22)16-10-12-19-13-11-16/h5-9,16-17,19H,3-4,10-14H2,1-2H3,(H,20,22). The second-order valence-corrected chi connectivity index (χ2v) is 5.92. The normalized spacial score (nSPS) is 17.4. The summed E-state index contributed by atoms with van der Waals surface area (Å²) in [6, 6.07) is 10.7. The van der Waals surface area contributed by atoms with Gasteiger partial charge in [0, 0.05) is 12.5 Å². The highest BCUT2D eigenvalue weighted by atomic mass is 16.1. The molecule has 1 aliphatic heterocycles. The van der Waals surface area contributed by atoms with Gasteiger partial charge in [-0.05, 0) is 44.6 Å². The van der Waals surface area contributed by atoms with Gasteiger partial charge in [0.1, 0.15) is 0 Å². The molecular weight excluding hydrogens is 274 g/mol. The summed E-state index contributed by atoms with van der Waals surface area (Å²) in [5.41, 5.74) is 1.27. The Bertz CT molecular complexity index is 439. The maximum atomic E-state index is 12.4. The van der Waals surface area contributed by atoms with Crippen LogP contribution in [0.2, 0.25) is 0 Å². The van der Waals surface area contributed by atoms with E-state index in [-0.39, 0.29) is 17.9 Å². The first kappa shape index (κ1) is 17.0. The quantitative estimate of drug-likeness (QED) is 0.811. The van der Waals surface area contributed by atoms with Crippen LogP contribution in [0, 0.1) is 5.92 Å². The molecule has 1 aromatic carbocycles. The highest BCUT2D eigenvalue weighted by Gasteiger charge is 2.23. The van der Waals surface area contributed by atoms with Crippen LogP contribution >= 0.6 is 0 Å². The zero-order valence-electron chi connectivity index (χ0n) is 13.8. The molecule has 4 nitrogen and oxygen atoms in total. The highest BCUT2D eigenvalue weighted by Crippen LogP contribution is 2.20. The van der Waals surface area contributed by atoms with Gasteiger partial charge in [-0.3, -0.25) is 9.69 Å². The molecule has 2 rings (SSSR count). The molecule has 22 heavy (non-hydrogen) atoms. The summed E-state index contributed by atoms with van der Waals surface area (Å²) in [5.74, 6) is 0.393. The molecule has 1 unspecified atom stereocenters. The summed E-state index contributed by atoms with van der Waals surface area (Å²) in [5, 5.41) is 6.50. The molecule has 0 radical (unpaired) electrons. The van der Waals surface area contributed by atoms with Crippen molar-refractivity contribution in [3.05, 3.63) is 35.9 Å². The Balaban J connectivity index is 1.98. The van der Waals surface area contributed by atoms with E-state index in [4.69, 9.17) is 0 Å². The maximum absolute atomic E-state index is 12.4. The minimum Gasteiger partial charge on any atom is -0.354 e. The van der Waals surface area contributed by atoms with Crippen LogP contribution in [-0.2, 0) is 4.79 Å². The van der Waals surface area contributed by atoms with Crippen molar-refractivity contribution in [2.24, 2.45) is 5.92 Å². The minimum absolute atomic E-state index is 0.175. The van der Waals surface area contributed by atoms with Gasteiger partial charge in [0.05, 0.1) is 6.04 Å². The Labute approximate surface area is 134 Å². The highest BCUT2D eigenvalue weighted by molar-refractivity contribution is 5.78. The van der Waals surface area contributed by atoms with Gasteiger partial charge < -0.3 is 10.6 Å². The van der Waals surface area contributed by atoms with Crippen LogP contribution in [0.15, 0.2) is 30.3 Å². The van der Waals surface area contributed by atoms with Gasteiger partial charge >= 0.3 is 0 Å². The third-order valence-corrected chi connectivity index (χ3v) is 4.62. The van der Waals surface area contributed by atoms with Gasteiger partial charge in [0.25, 0.3) is 0 Å². The number of nitrogens with one attached hydrogen (secondary N) is 2. The van der Waals surface area contributed by atoms with Crippen molar-refractivity contribution in [3.8, 4) is 0 Å². The average Bonchev–Trinajstić information content (AvgIpc) is 2.60. The number of rotatable bonds is 7. The van der Waals surface area contributed by atoms with Gasteiger partial charge in [0.2, 0.25) is 5.91 Å². The molecular formula is C18H29N3O. The van der Waals surface area contributed by atoms with Crippen molar-refractivity contribution in [1.29, 1.82) is 0 Å². The molecule has 1 saturated heterocycles. The lowest BCUT2D eigenvalue weighted by Gasteiger charge is -2.31. The molecule has 1 aromatic rings. The second kappa shape index (κ2) is 8.91. The topological polar surface area (TPSA) is 44.4 Å². The molecule has 1 aliphatic rings. The zero-order chi connectivity index (χ0) is 15.8. The van der Waals surface area contributed by atoms with E-state index >= 15 is 0 Å². The van der Waals surface area contributed by atoms with Crippen molar-refractivity contribution in [3.63, 3.8) is 0 Å². The number of likely N-dealkylation sites (N-methyl/N-ethyl adjacent to an activating group) is 1. The molecule has 0 spiro atoms. The van der Waals surface area contributed by atoms with Crippen molar-refractivity contribution in [1.82, 2.24) is 15.5 Å². The summed E-state index contributed by atoms with van der Waals surface area (Å²) < 4.78 is 0. The molecule has 0 bridgehead atoms. The molecule has 4 heteroatoms. The Hall–Kier alpha value is -1.39. The predicted molar refractivity (Wildman–Crippen MR) is 90.7 cm³/mol. The smallest absolute Gasteiger partial charge is 0.223 e. The van der Waals surface area contributed by atoms with Gasteiger partial charge in [0.15, 0.2) is 0 Å². The van der Waals surface area contributed by atoms with Gasteiger partial charge in [-0.2, -0.15) is 0 Å². The van der Waals surface area contributed by atoms with Crippen LogP contribution in [-0.4, -0.2) is 43.5 Å². The number of amides is 1. The first-order chi connectivity index (χ1) is 10.8. The maximum Gasteiger partial charge on any atom is 0.223 e. The number of nitrogens with zero attached hydrogens (tertiary/aromatic N) is 1. The van der Waals surface area contributed by atoms with Crippen LogP contribution in [0.5, 0.6) is 0 Å². The summed E-state index contributed by atoms with van der Waals surface area (Å²) in [7, 11) is 0. The van der Waals surface area contributed by atoms with Crippen LogP contribution in [0.4, 0.5) is 0 Å². The lowest BCUT2D eigenvalue weighted by Crippen LogP contribution is -2.42. The molecule has 122 valence electrons. The van der Waals surface area contributed by atoms with Crippen molar-refractivity contribution in [2.45, 2.75) is 32.7 Å². The molecule has 0 aliphatic carbocycles. The van der Waals surface area contributed by atoms with E-state index in [1.807, 2.05) is 6.07 Å². The van der Waals surface area contributed by atoms with Crippen molar-refractivity contribution in [2.75, 3.05) is 32.7 Å². The fraction of sp³-hybridized carbons (Fsp3) is 0.611. The van der Waals surface area contributed by atoms with Crippen molar-refractivity contribution >= 4 is 5.91 Å². The Morgan fingerprint density at radius 3 is 2.45 bits per heavy atom. The number of benzene rings is 1. The average molecular weight is 303 g/mol. The molecule has 1 fully saturated rings. The lowest BCUT2D eigenvalue weighted by atomic mass is 9.97. The SMILES string of the molecule is CCN(CC)C(CNC(=O)C1CCNCC1)c1ccccc1. The fourth-order valence-electron chi connectivity index (χ4n) is 3.22. The van der Waals surface area contributed by atoms with Crippen LogP contribution in [0.1, 0.15) is 38.3 Å². The van der Waals surface area contributed by atoms with E-state index in [9.17, 15) is 4.79 Å². The molecule has 0 saturated carbocycles. The summed E-state index contributed by atoms with van der Waals surface area (Å²) in [6.45, 7) is 8.92. The number of carbonyl (C=O) groups is 1. The Morgan fingerprint density at radius 1 is 1.23 bits per heavy atom. The van der Waals surface area contributed by atoms with E-state index < -0.39 is 0 Å². The lowest BCUT2D eigenvalue weighted by molar-refractivity contribution is -0.126. The van der Waals surface area contributed by atoms with Crippen molar-refractivity contribution < 1.29 is 4.79 Å². The van der Waals surface area contributed by atoms with Crippen LogP contribution in [0.3, 0.4) is 0 Å². The van der Waals surface area contributed by atoms with E-state index in [0.717, 1.165) is 39.0 Å². The number of piperidine rings is 1. The van der Waals surface area contributed by atoms with Gasteiger partial charge in [-0.15, -0.1) is 0 Å². The van der Waals surface area contributed by atoms with E-state index in [0.29, 0.717) is 6.54 Å². The molecule has 0 aromatic heterocycles. The number of hydrogen-bond acceptors (Lipinski definition) is 3. The first-order valence-electron chi connectivity index (χ1n) is 8.53. The second-order valence-electron chi connectivity index (χ2n) is 5.92. The van der Waals surface area contributed by atoms with E-state index in [1.54, 1.807) is 0 Å². The van der Waals surface area contributed by atoms with Gasteiger partial charge in [-0.25, -0.2) is 0 Å². The molecule has 1 atom stereocenters. The minimum atomic E-state index is 0.175. The monoisotopic (exact) mass is 303 g/mol. The summed E-state index contributed by atoms with van der Waals surface area (Å²) >= 11 is 0. The molecule has 2 N–H and O–H groups in total. The summed E-state index contributed by atoms with van der Waals surface area (Å²) in [4.78, 5) is 14.8. The molecule has 1 amide bonds. The third-order valence-electron chi connectivity index (χ3n) is 4.62.